The Bertz CT molecular complexity index is 1390. The first-order chi connectivity index (χ1) is 21.4. The quantitative estimate of drug-likeness (QED) is 0.254. The lowest BCUT2D eigenvalue weighted by Crippen LogP contribution is -2.43. The lowest BCUT2D eigenvalue weighted by Gasteiger charge is -2.28. The molecular weight excluding hydrogens is 556 g/mol. The van der Waals surface area contributed by atoms with Crippen LogP contribution in [0.2, 0.25) is 0 Å². The fourth-order valence-electron chi connectivity index (χ4n) is 7.52. The predicted octanol–water partition coefficient (Wildman–Crippen LogP) is 6.69. The smallest absolute Gasteiger partial charge is 0.410 e. The molecule has 234 valence electrons. The predicted molar refractivity (Wildman–Crippen MR) is 168 cm³/mol. The lowest BCUT2D eigenvalue weighted by atomic mass is 9.85. The number of amides is 1. The minimum Gasteiger partial charge on any atom is -0.448 e. The van der Waals surface area contributed by atoms with Crippen LogP contribution in [0.25, 0.3) is 11.1 Å². The Kier molecular flexibility index (Phi) is 8.90. The van der Waals surface area contributed by atoms with Crippen LogP contribution in [0, 0.1) is 11.8 Å². The van der Waals surface area contributed by atoms with Crippen molar-refractivity contribution >= 4 is 23.4 Å². The number of rotatable bonds is 13. The zero-order valence-electron chi connectivity index (χ0n) is 26.1. The van der Waals surface area contributed by atoms with Crippen molar-refractivity contribution in [3.05, 3.63) is 59.7 Å². The van der Waals surface area contributed by atoms with Gasteiger partial charge in [-0.3, -0.25) is 14.5 Å². The fraction of sp³-hybridized carbons (Fsp3) is 0.556. The number of ketones is 2. The maximum Gasteiger partial charge on any atom is 0.410 e. The summed E-state index contributed by atoms with van der Waals surface area (Å²) in [6.07, 6.45) is 4.93. The fourth-order valence-corrected chi connectivity index (χ4v) is 7.52. The van der Waals surface area contributed by atoms with Crippen LogP contribution in [0.5, 0.6) is 0 Å². The molecule has 2 aliphatic carbocycles. The maximum atomic E-state index is 14.1. The molecule has 0 radical (unpaired) electrons. The molecule has 0 bridgehead atoms. The van der Waals surface area contributed by atoms with Crippen LogP contribution in [0.1, 0.15) is 88.7 Å². The first kappa shape index (κ1) is 30.5. The number of likely N-dealkylation sites (tertiary alicyclic amines) is 1. The molecule has 1 saturated heterocycles. The molecule has 1 spiro atoms. The van der Waals surface area contributed by atoms with Crippen molar-refractivity contribution in [3.8, 4) is 11.1 Å². The van der Waals surface area contributed by atoms with Gasteiger partial charge in [0.25, 0.3) is 0 Å². The van der Waals surface area contributed by atoms with E-state index in [9.17, 15) is 14.4 Å². The van der Waals surface area contributed by atoms with Gasteiger partial charge in [0.1, 0.15) is 12.7 Å². The number of carbonyl (C=O) groups is 3. The Morgan fingerprint density at radius 2 is 1.73 bits per heavy atom. The molecule has 1 saturated carbocycles. The molecule has 0 N–H and O–H groups in total. The van der Waals surface area contributed by atoms with Crippen molar-refractivity contribution in [2.75, 3.05) is 20.3 Å². The van der Waals surface area contributed by atoms with Gasteiger partial charge < -0.3 is 14.3 Å². The van der Waals surface area contributed by atoms with Crippen LogP contribution < -0.4 is 0 Å². The summed E-state index contributed by atoms with van der Waals surface area (Å²) in [4.78, 5) is 48.6. The summed E-state index contributed by atoms with van der Waals surface area (Å²) in [5.74, 6) is 0.130. The van der Waals surface area contributed by atoms with Gasteiger partial charge in [0.2, 0.25) is 0 Å². The first-order valence-corrected chi connectivity index (χ1v) is 16.3. The molecule has 1 amide bonds. The zero-order valence-corrected chi connectivity index (χ0v) is 26.1. The highest BCUT2D eigenvalue weighted by molar-refractivity contribution is 5.91. The maximum absolute atomic E-state index is 14.1. The molecule has 8 nitrogen and oxygen atoms in total. The molecule has 2 heterocycles. The second-order valence-electron chi connectivity index (χ2n) is 13.1. The van der Waals surface area contributed by atoms with Crippen LogP contribution in [0.4, 0.5) is 4.79 Å². The van der Waals surface area contributed by atoms with E-state index in [-0.39, 0.29) is 43.0 Å². The van der Waals surface area contributed by atoms with E-state index in [1.54, 1.807) is 12.0 Å². The van der Waals surface area contributed by atoms with E-state index in [0.717, 1.165) is 53.6 Å². The van der Waals surface area contributed by atoms with Crippen molar-refractivity contribution in [2.24, 2.45) is 17.0 Å². The molecule has 2 fully saturated rings. The molecule has 4 aliphatic rings. The zero-order chi connectivity index (χ0) is 30.8. The third-order valence-electron chi connectivity index (χ3n) is 9.95. The van der Waals surface area contributed by atoms with E-state index in [1.165, 1.54) is 0 Å². The van der Waals surface area contributed by atoms with Gasteiger partial charge in [-0.1, -0.05) is 74.0 Å². The van der Waals surface area contributed by atoms with Crippen LogP contribution in [0.15, 0.2) is 53.7 Å². The second kappa shape index (κ2) is 12.8. The average Bonchev–Trinajstić information content (AvgIpc) is 3.50. The van der Waals surface area contributed by atoms with Gasteiger partial charge in [-0.05, 0) is 59.8 Å². The number of ether oxygens (including phenoxy) is 2. The van der Waals surface area contributed by atoms with Crippen LogP contribution in [0.3, 0.4) is 0 Å². The Morgan fingerprint density at radius 1 is 1.05 bits per heavy atom. The molecule has 1 unspecified atom stereocenters. The third-order valence-corrected chi connectivity index (χ3v) is 9.95. The molecule has 2 aromatic carbocycles. The van der Waals surface area contributed by atoms with Crippen LogP contribution in [-0.4, -0.2) is 66.3 Å². The molecule has 8 heteroatoms. The molecule has 0 aromatic heterocycles. The SMILES string of the molecule is CCC[C@H](CC(=O)[C@@H]1C[C@]2(CC(CC)=NO2)CN1C(=O)OCC1c2ccccc2-c2ccccc21)C(OC)C(=O)CC1CC1. The third kappa shape index (κ3) is 6.06. The highest BCUT2D eigenvalue weighted by Gasteiger charge is 2.54. The summed E-state index contributed by atoms with van der Waals surface area (Å²) in [5.41, 5.74) is 4.78. The van der Waals surface area contributed by atoms with Crippen LogP contribution >= 0.6 is 0 Å². The largest absolute Gasteiger partial charge is 0.448 e. The van der Waals surface area contributed by atoms with Crippen molar-refractivity contribution in [1.82, 2.24) is 4.90 Å². The standard InChI is InChI=1S/C36H44N2O6/c1-4-10-24(34(42-3)33(40)17-23-15-16-23)18-32(39)31-20-36(19-25(5-2)37-44-36)22-38(31)35(41)43-21-30-28-13-8-6-11-26(28)27-12-7-9-14-29(27)30/h6-9,11-14,23-24,30-31,34H,4-5,10,15-22H2,1-3H3/t24-,31+,34?,36-/m1/s1. The summed E-state index contributed by atoms with van der Waals surface area (Å²) in [7, 11) is 1.56. The van der Waals surface area contributed by atoms with Gasteiger partial charge in [-0.2, -0.15) is 0 Å². The highest BCUT2D eigenvalue weighted by atomic mass is 16.7. The number of methoxy groups -OCH3 is 1. The minimum absolute atomic E-state index is 0.0799. The molecule has 2 aromatic rings. The van der Waals surface area contributed by atoms with E-state index < -0.39 is 23.8 Å². The van der Waals surface area contributed by atoms with E-state index in [0.29, 0.717) is 31.6 Å². The van der Waals surface area contributed by atoms with E-state index in [1.807, 2.05) is 31.2 Å². The Labute approximate surface area is 260 Å². The number of benzene rings is 2. The van der Waals surface area contributed by atoms with E-state index in [2.05, 4.69) is 36.3 Å². The van der Waals surface area contributed by atoms with Gasteiger partial charge in [-0.25, -0.2) is 4.79 Å². The number of carbonyl (C=O) groups excluding carboxylic acids is 3. The summed E-state index contributed by atoms with van der Waals surface area (Å²) in [5, 5.41) is 4.29. The van der Waals surface area contributed by atoms with Crippen molar-refractivity contribution in [3.63, 3.8) is 0 Å². The van der Waals surface area contributed by atoms with Crippen molar-refractivity contribution in [1.29, 1.82) is 0 Å². The number of oxime groups is 1. The number of hydrogen-bond donors (Lipinski definition) is 0. The summed E-state index contributed by atoms with van der Waals surface area (Å²) >= 11 is 0. The molecule has 2 aliphatic heterocycles. The van der Waals surface area contributed by atoms with Crippen LogP contribution in [-0.2, 0) is 23.9 Å². The average molecular weight is 601 g/mol. The van der Waals surface area contributed by atoms with E-state index in [4.69, 9.17) is 14.3 Å². The van der Waals surface area contributed by atoms with Gasteiger partial charge >= 0.3 is 6.09 Å². The summed E-state index contributed by atoms with van der Waals surface area (Å²) in [6.45, 7) is 4.49. The number of fused-ring (bicyclic) bond motifs is 3. The minimum atomic E-state index is -0.736. The molecule has 4 atom stereocenters. The van der Waals surface area contributed by atoms with Crippen molar-refractivity contribution in [2.45, 2.75) is 95.3 Å². The number of nitrogens with zero attached hydrogens (tertiary/aromatic N) is 2. The van der Waals surface area contributed by atoms with E-state index >= 15 is 0 Å². The first-order valence-electron chi connectivity index (χ1n) is 16.3. The Balaban J connectivity index is 1.19. The Morgan fingerprint density at radius 3 is 2.32 bits per heavy atom. The summed E-state index contributed by atoms with van der Waals surface area (Å²) < 4.78 is 11.8. The van der Waals surface area contributed by atoms with Gasteiger partial charge in [0.05, 0.1) is 18.3 Å². The lowest BCUT2D eigenvalue weighted by molar-refractivity contribution is -0.134. The monoisotopic (exact) mass is 600 g/mol. The molecular formula is C36H44N2O6. The van der Waals surface area contributed by atoms with Gasteiger partial charge in [0.15, 0.2) is 17.2 Å². The van der Waals surface area contributed by atoms with Gasteiger partial charge in [-0.15, -0.1) is 0 Å². The topological polar surface area (TPSA) is 94.5 Å². The normalized spacial score (nSPS) is 23.6. The number of hydrogen-bond acceptors (Lipinski definition) is 7. The molecule has 6 rings (SSSR count). The second-order valence-corrected chi connectivity index (χ2v) is 13.1. The van der Waals surface area contributed by atoms with Gasteiger partial charge in [0, 0.05) is 38.7 Å². The molecule has 44 heavy (non-hydrogen) atoms. The van der Waals surface area contributed by atoms with Crippen molar-refractivity contribution < 1.29 is 28.7 Å². The summed E-state index contributed by atoms with van der Waals surface area (Å²) in [6, 6.07) is 15.7. The highest BCUT2D eigenvalue weighted by Crippen LogP contribution is 2.45. The number of Topliss-reactive ketones (excluding diaryl/α,β-unsaturated/α-hetero) is 2. The Hall–Kier alpha value is -3.52.